The second kappa shape index (κ2) is 5.17. The Balaban J connectivity index is 2.14. The maximum Gasteiger partial charge on any atom is 0.250 e. The lowest BCUT2D eigenvalue weighted by atomic mass is 9.87. The number of aromatic nitrogens is 1. The van der Waals surface area contributed by atoms with Gasteiger partial charge in [0.25, 0.3) is 5.56 Å². The van der Waals surface area contributed by atoms with Crippen LogP contribution in [-0.2, 0) is 6.54 Å². The highest BCUT2D eigenvalue weighted by Crippen LogP contribution is 2.38. The highest BCUT2D eigenvalue weighted by Gasteiger charge is 2.34. The van der Waals surface area contributed by atoms with Crippen LogP contribution in [0.3, 0.4) is 0 Å². The Kier molecular flexibility index (Phi) is 3.79. The van der Waals surface area contributed by atoms with E-state index in [-0.39, 0.29) is 5.56 Å². The molecule has 1 saturated carbocycles. The molecule has 1 unspecified atom stereocenters. The van der Waals surface area contributed by atoms with Gasteiger partial charge in [0.2, 0.25) is 0 Å². The molecule has 1 aromatic rings. The minimum atomic E-state index is 0.0908. The summed E-state index contributed by atoms with van der Waals surface area (Å²) < 4.78 is 1.80. The first kappa shape index (κ1) is 13.2. The molecular weight excluding hydrogens is 224 g/mol. The van der Waals surface area contributed by atoms with Crippen LogP contribution in [0.25, 0.3) is 0 Å². The number of hydrogen-bond donors (Lipinski definition) is 1. The molecule has 3 nitrogen and oxygen atoms in total. The van der Waals surface area contributed by atoms with Crippen LogP contribution in [0.4, 0.5) is 5.69 Å². The fourth-order valence-electron chi connectivity index (χ4n) is 2.83. The first-order valence-corrected chi connectivity index (χ1v) is 7.00. The van der Waals surface area contributed by atoms with Crippen LogP contribution < -0.4 is 10.9 Å². The SMILES string of the molecule is CCCn1cc(NC2CCCC2(C)C)ccc1=O. The van der Waals surface area contributed by atoms with Gasteiger partial charge in [0.1, 0.15) is 0 Å². The van der Waals surface area contributed by atoms with Crippen LogP contribution in [-0.4, -0.2) is 10.6 Å². The van der Waals surface area contributed by atoms with E-state index in [1.54, 1.807) is 10.6 Å². The average Bonchev–Trinajstić information content (AvgIpc) is 2.63. The normalized spacial score (nSPS) is 22.1. The third kappa shape index (κ3) is 2.77. The summed E-state index contributed by atoms with van der Waals surface area (Å²) in [4.78, 5) is 11.7. The van der Waals surface area contributed by atoms with Gasteiger partial charge in [0.15, 0.2) is 0 Å². The van der Waals surface area contributed by atoms with Crippen molar-refractivity contribution in [3.63, 3.8) is 0 Å². The van der Waals surface area contributed by atoms with E-state index in [9.17, 15) is 4.79 Å². The van der Waals surface area contributed by atoms with Crippen LogP contribution in [0.15, 0.2) is 23.1 Å². The summed E-state index contributed by atoms with van der Waals surface area (Å²) in [6.45, 7) is 7.52. The molecule has 0 amide bonds. The number of aryl methyl sites for hydroxylation is 1. The molecule has 2 rings (SSSR count). The van der Waals surface area contributed by atoms with Gasteiger partial charge in [-0.3, -0.25) is 4.79 Å². The summed E-state index contributed by atoms with van der Waals surface area (Å²) in [5.74, 6) is 0. The van der Waals surface area contributed by atoms with Gasteiger partial charge < -0.3 is 9.88 Å². The number of rotatable bonds is 4. The van der Waals surface area contributed by atoms with Gasteiger partial charge >= 0.3 is 0 Å². The first-order valence-electron chi connectivity index (χ1n) is 7.00. The first-order chi connectivity index (χ1) is 8.53. The molecule has 1 heterocycles. The van der Waals surface area contributed by atoms with Gasteiger partial charge in [-0.15, -0.1) is 0 Å². The molecular formula is C15H24N2O. The third-order valence-electron chi connectivity index (χ3n) is 4.05. The summed E-state index contributed by atoms with van der Waals surface area (Å²) in [6, 6.07) is 4.09. The molecule has 0 saturated heterocycles. The Bertz CT molecular complexity index is 462. The fourth-order valence-corrected chi connectivity index (χ4v) is 2.83. The minimum absolute atomic E-state index is 0.0908. The Hall–Kier alpha value is -1.25. The van der Waals surface area contributed by atoms with Crippen molar-refractivity contribution in [2.45, 2.75) is 59.0 Å². The van der Waals surface area contributed by atoms with Crippen LogP contribution >= 0.6 is 0 Å². The largest absolute Gasteiger partial charge is 0.381 e. The molecule has 0 aromatic carbocycles. The molecule has 0 radical (unpaired) electrons. The van der Waals surface area contributed by atoms with Gasteiger partial charge in [-0.1, -0.05) is 27.2 Å². The number of hydrogen-bond acceptors (Lipinski definition) is 2. The summed E-state index contributed by atoms with van der Waals surface area (Å²) >= 11 is 0. The number of anilines is 1. The smallest absolute Gasteiger partial charge is 0.250 e. The van der Waals surface area contributed by atoms with Crippen LogP contribution in [0.5, 0.6) is 0 Å². The van der Waals surface area contributed by atoms with Crippen molar-refractivity contribution < 1.29 is 0 Å². The highest BCUT2D eigenvalue weighted by atomic mass is 16.1. The van der Waals surface area contributed by atoms with Gasteiger partial charge in [0.05, 0.1) is 5.69 Å². The van der Waals surface area contributed by atoms with Crippen molar-refractivity contribution in [1.29, 1.82) is 0 Å². The minimum Gasteiger partial charge on any atom is -0.381 e. The quantitative estimate of drug-likeness (QED) is 0.887. The highest BCUT2D eigenvalue weighted by molar-refractivity contribution is 5.42. The second-order valence-electron chi connectivity index (χ2n) is 6.03. The van der Waals surface area contributed by atoms with E-state index in [0.717, 1.165) is 18.7 Å². The fraction of sp³-hybridized carbons (Fsp3) is 0.667. The monoisotopic (exact) mass is 248 g/mol. The van der Waals surface area contributed by atoms with Gasteiger partial charge in [-0.2, -0.15) is 0 Å². The lowest BCUT2D eigenvalue weighted by Crippen LogP contribution is -2.31. The summed E-state index contributed by atoms with van der Waals surface area (Å²) in [6.07, 6.45) is 6.73. The Morgan fingerprint density at radius 3 is 2.83 bits per heavy atom. The Morgan fingerprint density at radius 2 is 2.22 bits per heavy atom. The van der Waals surface area contributed by atoms with Gasteiger partial charge in [-0.05, 0) is 30.7 Å². The van der Waals surface area contributed by atoms with Crippen molar-refractivity contribution in [3.05, 3.63) is 28.7 Å². The van der Waals surface area contributed by atoms with Crippen molar-refractivity contribution in [1.82, 2.24) is 4.57 Å². The van der Waals surface area contributed by atoms with E-state index in [2.05, 4.69) is 26.1 Å². The number of nitrogens with zero attached hydrogens (tertiary/aromatic N) is 1. The van der Waals surface area contributed by atoms with E-state index in [1.165, 1.54) is 19.3 Å². The van der Waals surface area contributed by atoms with Gasteiger partial charge in [-0.25, -0.2) is 0 Å². The van der Waals surface area contributed by atoms with Crippen LogP contribution in [0, 0.1) is 5.41 Å². The lowest BCUT2D eigenvalue weighted by Gasteiger charge is -2.28. The molecule has 1 aliphatic carbocycles. The molecule has 0 spiro atoms. The third-order valence-corrected chi connectivity index (χ3v) is 4.05. The molecule has 1 atom stereocenters. The Morgan fingerprint density at radius 1 is 1.44 bits per heavy atom. The van der Waals surface area contributed by atoms with E-state index in [1.807, 2.05) is 12.3 Å². The summed E-state index contributed by atoms with van der Waals surface area (Å²) in [5.41, 5.74) is 1.52. The van der Waals surface area contributed by atoms with Gasteiger partial charge in [0, 0.05) is 24.8 Å². The maximum absolute atomic E-state index is 11.7. The zero-order valence-corrected chi connectivity index (χ0v) is 11.7. The van der Waals surface area contributed by atoms with E-state index < -0.39 is 0 Å². The number of pyridine rings is 1. The second-order valence-corrected chi connectivity index (χ2v) is 6.03. The van der Waals surface area contributed by atoms with Crippen molar-refractivity contribution in [2.24, 2.45) is 5.41 Å². The molecule has 3 heteroatoms. The average molecular weight is 248 g/mol. The predicted molar refractivity (Wildman–Crippen MR) is 76.0 cm³/mol. The van der Waals surface area contributed by atoms with E-state index >= 15 is 0 Å². The van der Waals surface area contributed by atoms with E-state index in [0.29, 0.717) is 11.5 Å². The number of nitrogens with one attached hydrogen (secondary N) is 1. The molecule has 1 aromatic heterocycles. The van der Waals surface area contributed by atoms with Crippen molar-refractivity contribution in [2.75, 3.05) is 5.32 Å². The zero-order valence-electron chi connectivity index (χ0n) is 11.7. The van der Waals surface area contributed by atoms with Crippen molar-refractivity contribution >= 4 is 5.69 Å². The topological polar surface area (TPSA) is 34.0 Å². The Labute approximate surface area is 109 Å². The molecule has 100 valence electrons. The molecule has 18 heavy (non-hydrogen) atoms. The van der Waals surface area contributed by atoms with Crippen LogP contribution in [0.2, 0.25) is 0 Å². The predicted octanol–water partition coefficient (Wildman–Crippen LogP) is 3.25. The molecule has 0 aliphatic heterocycles. The molecule has 1 aliphatic rings. The summed E-state index contributed by atoms with van der Waals surface area (Å²) in [5, 5.41) is 3.60. The molecule has 0 bridgehead atoms. The standard InChI is InChI=1S/C15H24N2O/c1-4-10-17-11-12(7-8-14(17)18)16-13-6-5-9-15(13,2)3/h7-8,11,13,16H,4-6,9-10H2,1-3H3. The van der Waals surface area contributed by atoms with E-state index in [4.69, 9.17) is 0 Å². The lowest BCUT2D eigenvalue weighted by molar-refractivity contribution is 0.350. The van der Waals surface area contributed by atoms with Crippen LogP contribution in [0.1, 0.15) is 46.5 Å². The summed E-state index contributed by atoms with van der Waals surface area (Å²) in [7, 11) is 0. The molecule has 1 fully saturated rings. The zero-order chi connectivity index (χ0) is 13.2. The van der Waals surface area contributed by atoms with Crippen molar-refractivity contribution in [3.8, 4) is 0 Å². The maximum atomic E-state index is 11.7. The molecule has 1 N–H and O–H groups in total.